The van der Waals surface area contributed by atoms with E-state index in [2.05, 4.69) is 17.1 Å². The zero-order valence-electron chi connectivity index (χ0n) is 33.5. The Morgan fingerprint density at radius 2 is 1.48 bits per heavy atom. The summed E-state index contributed by atoms with van der Waals surface area (Å²) in [5, 5.41) is 12.7. The van der Waals surface area contributed by atoms with Crippen LogP contribution in [0.5, 0.6) is 0 Å². The van der Waals surface area contributed by atoms with Gasteiger partial charge in [-0.1, -0.05) is 37.3 Å². The Balaban J connectivity index is 0.733. The summed E-state index contributed by atoms with van der Waals surface area (Å²) in [5.41, 5.74) is 4.14. The number of nitrogens with zero attached hydrogens (tertiary/aromatic N) is 2. The summed E-state index contributed by atoms with van der Waals surface area (Å²) >= 11 is 0. The number of carbonyl (C=O) groups excluding carboxylic acids is 3. The van der Waals surface area contributed by atoms with Crippen molar-refractivity contribution in [2.45, 2.75) is 185 Å². The van der Waals surface area contributed by atoms with Gasteiger partial charge in [-0.3, -0.25) is 19.7 Å². The third kappa shape index (κ3) is 8.69. The lowest BCUT2D eigenvalue weighted by Gasteiger charge is -2.53. The minimum atomic E-state index is -0.492. The first kappa shape index (κ1) is 39.0. The van der Waals surface area contributed by atoms with Crippen LogP contribution in [0.4, 0.5) is 0 Å². The van der Waals surface area contributed by atoms with Crippen molar-refractivity contribution >= 4 is 17.7 Å². The van der Waals surface area contributed by atoms with Gasteiger partial charge in [-0.15, -0.1) is 0 Å². The lowest BCUT2D eigenvalue weighted by Crippen LogP contribution is -2.53. The zero-order valence-corrected chi connectivity index (χ0v) is 33.5. The van der Waals surface area contributed by atoms with Crippen LogP contribution in [0.2, 0.25) is 0 Å². The number of fused-ring (bicyclic) bond motifs is 1. The summed E-state index contributed by atoms with van der Waals surface area (Å²) in [5.74, 6) is 2.07. The van der Waals surface area contributed by atoms with Crippen molar-refractivity contribution < 1.29 is 29.0 Å². The van der Waals surface area contributed by atoms with Gasteiger partial charge >= 0.3 is 0 Å². The Morgan fingerprint density at radius 1 is 0.796 bits per heavy atom. The summed E-state index contributed by atoms with van der Waals surface area (Å²) in [6.07, 6.45) is 26.7. The molecule has 5 aliphatic carbocycles. The quantitative estimate of drug-likeness (QED) is 0.172. The summed E-state index contributed by atoms with van der Waals surface area (Å²) in [6.45, 7) is 7.28. The molecule has 3 saturated heterocycles. The molecule has 5 saturated carbocycles. The van der Waals surface area contributed by atoms with Crippen LogP contribution in [-0.2, 0) is 23.9 Å². The van der Waals surface area contributed by atoms with Gasteiger partial charge in [-0.05, 0) is 164 Å². The number of hydrogen-bond acceptors (Lipinski definition) is 7. The van der Waals surface area contributed by atoms with Crippen LogP contribution in [0.3, 0.4) is 0 Å². The van der Waals surface area contributed by atoms with Gasteiger partial charge in [0.15, 0.2) is 0 Å². The summed E-state index contributed by atoms with van der Waals surface area (Å²) in [4.78, 5) is 41.7. The van der Waals surface area contributed by atoms with Crippen LogP contribution in [0.15, 0.2) is 11.1 Å². The molecule has 0 aromatic rings. The van der Waals surface area contributed by atoms with E-state index in [1.54, 1.807) is 4.90 Å². The normalized spacial score (nSPS) is 37.5. The summed E-state index contributed by atoms with van der Waals surface area (Å²) in [6, 6.07) is -0.492. The van der Waals surface area contributed by atoms with Gasteiger partial charge in [0.25, 0.3) is 0 Å². The smallest absolute Gasteiger partial charge is 0.249 e. The fourth-order valence-corrected chi connectivity index (χ4v) is 12.9. The highest BCUT2D eigenvalue weighted by Gasteiger charge is 2.51. The van der Waals surface area contributed by atoms with Crippen LogP contribution in [-0.4, -0.2) is 95.9 Å². The summed E-state index contributed by atoms with van der Waals surface area (Å²) < 4.78 is 13.3. The van der Waals surface area contributed by atoms with Crippen molar-refractivity contribution in [2.75, 3.05) is 32.8 Å². The maximum absolute atomic E-state index is 13.2. The molecule has 302 valence electrons. The number of rotatable bonds is 11. The van der Waals surface area contributed by atoms with Crippen molar-refractivity contribution in [1.82, 2.24) is 15.1 Å². The Bertz CT molecular complexity index is 1340. The molecule has 9 heteroatoms. The average Bonchev–Trinajstić information content (AvgIpc) is 3.49. The molecular formula is C45H71N3O6. The monoisotopic (exact) mass is 750 g/mol. The molecule has 54 heavy (non-hydrogen) atoms. The molecule has 3 aliphatic heterocycles. The molecule has 2 N–H and O–H groups in total. The Morgan fingerprint density at radius 3 is 2.17 bits per heavy atom. The topological polar surface area (TPSA) is 108 Å². The SMILES string of the molecule is CC/C(=C(\C1CCC(O)CC1)C1CCC(OCCN2CCC3(CC2)CC(OC2CCC4C(=O)N(C5CCC(=O)NC5=O)CC4C2)C3)CC1)C1CCCCC1. The van der Waals surface area contributed by atoms with E-state index >= 15 is 0 Å². The van der Waals surface area contributed by atoms with Gasteiger partial charge in [0.05, 0.1) is 31.0 Å². The molecule has 8 rings (SSSR count). The van der Waals surface area contributed by atoms with E-state index < -0.39 is 6.04 Å². The molecule has 4 atom stereocenters. The van der Waals surface area contributed by atoms with Crippen molar-refractivity contribution in [3.63, 3.8) is 0 Å². The Kier molecular flexibility index (Phi) is 12.5. The van der Waals surface area contributed by atoms with E-state index in [1.807, 2.05) is 11.1 Å². The third-order valence-electron chi connectivity index (χ3n) is 16.0. The predicted octanol–water partition coefficient (Wildman–Crippen LogP) is 7.09. The van der Waals surface area contributed by atoms with Crippen LogP contribution in [0, 0.1) is 35.0 Å². The fourth-order valence-electron chi connectivity index (χ4n) is 12.9. The van der Waals surface area contributed by atoms with E-state index in [-0.39, 0.29) is 41.8 Å². The minimum Gasteiger partial charge on any atom is -0.393 e. The number of likely N-dealkylation sites (tertiary alicyclic amines) is 2. The van der Waals surface area contributed by atoms with Gasteiger partial charge in [0.2, 0.25) is 17.7 Å². The zero-order chi connectivity index (χ0) is 37.2. The number of aliphatic hydroxyl groups is 1. The van der Waals surface area contributed by atoms with Gasteiger partial charge < -0.3 is 24.4 Å². The maximum Gasteiger partial charge on any atom is 0.249 e. The van der Waals surface area contributed by atoms with Crippen LogP contribution in [0.1, 0.15) is 155 Å². The van der Waals surface area contributed by atoms with E-state index in [4.69, 9.17) is 9.47 Å². The maximum atomic E-state index is 13.2. The van der Waals surface area contributed by atoms with Crippen molar-refractivity contribution in [3.05, 3.63) is 11.1 Å². The number of carbonyl (C=O) groups is 3. The highest BCUT2D eigenvalue weighted by molar-refractivity contribution is 6.02. The number of allylic oxidation sites excluding steroid dienone is 2. The molecule has 0 radical (unpaired) electrons. The van der Waals surface area contributed by atoms with Crippen molar-refractivity contribution in [3.8, 4) is 0 Å². The first-order valence-electron chi connectivity index (χ1n) is 22.8. The molecular weight excluding hydrogens is 679 g/mol. The molecule has 3 amide bonds. The van der Waals surface area contributed by atoms with Crippen LogP contribution >= 0.6 is 0 Å². The molecule has 8 fully saturated rings. The Labute approximate surface area is 325 Å². The third-order valence-corrected chi connectivity index (χ3v) is 16.0. The van der Waals surface area contributed by atoms with E-state index in [9.17, 15) is 19.5 Å². The van der Waals surface area contributed by atoms with Gasteiger partial charge in [0.1, 0.15) is 6.04 Å². The number of ether oxygens (including phenoxy) is 2. The first-order valence-corrected chi connectivity index (χ1v) is 22.8. The lowest BCUT2D eigenvalue weighted by atomic mass is 9.61. The molecule has 0 aromatic carbocycles. The number of piperidine rings is 2. The summed E-state index contributed by atoms with van der Waals surface area (Å²) in [7, 11) is 0. The number of amides is 3. The second-order valence-corrected chi connectivity index (χ2v) is 19.3. The molecule has 1 spiro atoms. The van der Waals surface area contributed by atoms with Crippen LogP contribution < -0.4 is 5.32 Å². The van der Waals surface area contributed by atoms with Gasteiger partial charge in [0, 0.05) is 25.4 Å². The number of hydrogen-bond donors (Lipinski definition) is 2. The largest absolute Gasteiger partial charge is 0.393 e. The van der Waals surface area contributed by atoms with Crippen molar-refractivity contribution in [1.29, 1.82) is 0 Å². The molecule has 4 unspecified atom stereocenters. The van der Waals surface area contributed by atoms with E-state index in [1.165, 1.54) is 116 Å². The van der Waals surface area contributed by atoms with Gasteiger partial charge in [-0.2, -0.15) is 0 Å². The Hall–Kier alpha value is -1.81. The molecule has 0 bridgehead atoms. The fraction of sp³-hybridized carbons (Fsp3) is 0.889. The number of aliphatic hydroxyl groups excluding tert-OH is 1. The van der Waals surface area contributed by atoms with E-state index in [0.29, 0.717) is 42.9 Å². The van der Waals surface area contributed by atoms with Crippen LogP contribution in [0.25, 0.3) is 0 Å². The average molecular weight is 750 g/mol. The minimum absolute atomic E-state index is 0.00384. The molecule has 3 heterocycles. The standard InChI is InChI=1S/C45H71N3O6/c1-2-38(30-6-4-3-5-7-30)42(31-8-12-34(49)13-9-31)32-10-14-35(15-11-32)53-25-24-47-22-20-45(21-23-47)27-37(28-45)54-36-16-17-39-33(26-36)29-48(44(39)52)40-18-19-41(50)46-43(40)51/h30-37,39-40,49H,2-29H2,1H3,(H,46,50,51)/b42-38-. The molecule has 8 aliphatic rings. The highest BCUT2D eigenvalue weighted by Crippen LogP contribution is 2.52. The van der Waals surface area contributed by atoms with E-state index in [0.717, 1.165) is 57.1 Å². The lowest BCUT2D eigenvalue weighted by molar-refractivity contribution is -0.148. The number of imide groups is 1. The first-order chi connectivity index (χ1) is 26.3. The highest BCUT2D eigenvalue weighted by atomic mass is 16.5. The second kappa shape index (κ2) is 17.4. The predicted molar refractivity (Wildman–Crippen MR) is 208 cm³/mol. The molecule has 9 nitrogen and oxygen atoms in total. The van der Waals surface area contributed by atoms with Crippen molar-refractivity contribution in [2.24, 2.45) is 35.0 Å². The second-order valence-electron chi connectivity index (χ2n) is 19.3. The van der Waals surface area contributed by atoms with Gasteiger partial charge in [-0.25, -0.2) is 0 Å². The number of nitrogens with one attached hydrogen (secondary N) is 1. The molecule has 0 aromatic heterocycles.